The van der Waals surface area contributed by atoms with Gasteiger partial charge >= 0.3 is 0 Å². The number of ether oxygens (including phenoxy) is 1. The minimum Gasteiger partial charge on any atom is -0.378 e. The van der Waals surface area contributed by atoms with Gasteiger partial charge in [-0.1, -0.05) is 12.1 Å². The summed E-state index contributed by atoms with van der Waals surface area (Å²) in [7, 11) is 0. The largest absolute Gasteiger partial charge is 0.378 e. The lowest BCUT2D eigenvalue weighted by atomic mass is 10.0. The third kappa shape index (κ3) is 3.03. The zero-order chi connectivity index (χ0) is 11.4. The van der Waals surface area contributed by atoms with Gasteiger partial charge in [0.05, 0.1) is 6.10 Å². The highest BCUT2D eigenvalue weighted by Crippen LogP contribution is 2.22. The minimum atomic E-state index is -0.213. The lowest BCUT2D eigenvalue weighted by molar-refractivity contribution is 0.101. The number of halogens is 1. The van der Waals surface area contributed by atoms with Gasteiger partial charge in [-0.25, -0.2) is 4.39 Å². The average molecular weight is 223 g/mol. The van der Waals surface area contributed by atoms with Crippen LogP contribution in [0.1, 0.15) is 37.3 Å². The fourth-order valence-electron chi connectivity index (χ4n) is 2.11. The Labute approximate surface area is 95.6 Å². The third-order valence-electron chi connectivity index (χ3n) is 3.12. The molecule has 0 aromatic heterocycles. The van der Waals surface area contributed by atoms with Crippen LogP contribution in [0.15, 0.2) is 24.3 Å². The van der Waals surface area contributed by atoms with Crippen molar-refractivity contribution in [1.29, 1.82) is 0 Å². The van der Waals surface area contributed by atoms with Gasteiger partial charge < -0.3 is 10.5 Å². The molecule has 3 heteroatoms. The second-order valence-corrected chi connectivity index (χ2v) is 4.37. The Morgan fingerprint density at radius 3 is 2.75 bits per heavy atom. The van der Waals surface area contributed by atoms with Gasteiger partial charge in [-0.3, -0.25) is 0 Å². The summed E-state index contributed by atoms with van der Waals surface area (Å²) in [6.07, 6.45) is 4.59. The molecule has 0 bridgehead atoms. The van der Waals surface area contributed by atoms with E-state index in [1.54, 1.807) is 12.1 Å². The number of hydrogen-bond acceptors (Lipinski definition) is 2. The number of rotatable bonds is 4. The van der Waals surface area contributed by atoms with E-state index in [2.05, 4.69) is 0 Å². The normalized spacial score (nSPS) is 22.2. The van der Waals surface area contributed by atoms with Crippen LogP contribution in [0, 0.1) is 5.82 Å². The molecule has 1 aliphatic rings. The van der Waals surface area contributed by atoms with Crippen molar-refractivity contribution in [1.82, 2.24) is 0 Å². The molecular formula is C13H18FNO. The summed E-state index contributed by atoms with van der Waals surface area (Å²) in [5.41, 5.74) is 7.04. The first-order chi connectivity index (χ1) is 7.75. The molecule has 1 saturated heterocycles. The number of nitrogens with two attached hydrogens (primary N) is 1. The Kier molecular flexibility index (Phi) is 3.91. The number of hydrogen-bond donors (Lipinski definition) is 1. The van der Waals surface area contributed by atoms with Gasteiger partial charge in [0.15, 0.2) is 0 Å². The van der Waals surface area contributed by atoms with Crippen molar-refractivity contribution >= 4 is 0 Å². The molecule has 1 heterocycles. The fraction of sp³-hybridized carbons (Fsp3) is 0.538. The molecule has 2 rings (SSSR count). The molecule has 0 spiro atoms. The van der Waals surface area contributed by atoms with Crippen molar-refractivity contribution < 1.29 is 9.13 Å². The predicted molar refractivity (Wildman–Crippen MR) is 61.5 cm³/mol. The average Bonchev–Trinajstić information content (AvgIpc) is 2.80. The molecule has 0 radical (unpaired) electrons. The summed E-state index contributed by atoms with van der Waals surface area (Å²) in [5, 5.41) is 0. The zero-order valence-electron chi connectivity index (χ0n) is 9.36. The van der Waals surface area contributed by atoms with Gasteiger partial charge in [0.25, 0.3) is 0 Å². The molecule has 16 heavy (non-hydrogen) atoms. The van der Waals surface area contributed by atoms with Crippen molar-refractivity contribution in [2.24, 2.45) is 5.73 Å². The van der Waals surface area contributed by atoms with Crippen LogP contribution in [-0.2, 0) is 4.74 Å². The van der Waals surface area contributed by atoms with Crippen LogP contribution in [-0.4, -0.2) is 12.7 Å². The second kappa shape index (κ2) is 5.41. The van der Waals surface area contributed by atoms with Crippen LogP contribution < -0.4 is 5.73 Å². The van der Waals surface area contributed by atoms with E-state index in [0.717, 1.165) is 37.9 Å². The Morgan fingerprint density at radius 2 is 2.12 bits per heavy atom. The smallest absolute Gasteiger partial charge is 0.123 e. The Morgan fingerprint density at radius 1 is 1.38 bits per heavy atom. The summed E-state index contributed by atoms with van der Waals surface area (Å²) in [4.78, 5) is 0. The van der Waals surface area contributed by atoms with Crippen LogP contribution in [0.2, 0.25) is 0 Å². The van der Waals surface area contributed by atoms with E-state index in [-0.39, 0.29) is 11.9 Å². The highest BCUT2D eigenvalue weighted by molar-refractivity contribution is 5.19. The molecule has 2 atom stereocenters. The summed E-state index contributed by atoms with van der Waals surface area (Å²) < 4.78 is 18.3. The summed E-state index contributed by atoms with van der Waals surface area (Å²) in [5.74, 6) is -0.213. The van der Waals surface area contributed by atoms with Crippen molar-refractivity contribution in [3.8, 4) is 0 Å². The maximum Gasteiger partial charge on any atom is 0.123 e. The van der Waals surface area contributed by atoms with Crippen LogP contribution in [0.5, 0.6) is 0 Å². The Bertz CT molecular complexity index is 319. The van der Waals surface area contributed by atoms with Gasteiger partial charge in [0.1, 0.15) is 5.82 Å². The van der Waals surface area contributed by atoms with E-state index in [1.807, 2.05) is 0 Å². The molecule has 1 aromatic rings. The summed E-state index contributed by atoms with van der Waals surface area (Å²) in [6, 6.07) is 6.43. The standard InChI is InChI=1S/C13H18FNO/c14-11-5-3-10(4-6-11)13(15)8-7-12-2-1-9-16-12/h3-6,12-13H,1-2,7-9,15H2. The van der Waals surface area contributed by atoms with E-state index < -0.39 is 0 Å². The van der Waals surface area contributed by atoms with Crippen LogP contribution >= 0.6 is 0 Å². The molecular weight excluding hydrogens is 205 g/mol. The molecule has 1 fully saturated rings. The van der Waals surface area contributed by atoms with Crippen molar-refractivity contribution in [2.75, 3.05) is 6.61 Å². The Hall–Kier alpha value is -0.930. The zero-order valence-corrected chi connectivity index (χ0v) is 9.36. The molecule has 0 amide bonds. The first-order valence-corrected chi connectivity index (χ1v) is 5.88. The molecule has 0 saturated carbocycles. The molecule has 1 aliphatic heterocycles. The highest BCUT2D eigenvalue weighted by atomic mass is 19.1. The van der Waals surface area contributed by atoms with Crippen LogP contribution in [0.4, 0.5) is 4.39 Å². The van der Waals surface area contributed by atoms with E-state index >= 15 is 0 Å². The van der Waals surface area contributed by atoms with Crippen molar-refractivity contribution in [3.63, 3.8) is 0 Å². The van der Waals surface area contributed by atoms with Crippen molar-refractivity contribution in [3.05, 3.63) is 35.6 Å². The molecule has 88 valence electrons. The predicted octanol–water partition coefficient (Wildman–Crippen LogP) is 2.78. The molecule has 2 nitrogen and oxygen atoms in total. The van der Waals surface area contributed by atoms with Gasteiger partial charge in [-0.05, 0) is 43.4 Å². The highest BCUT2D eigenvalue weighted by Gasteiger charge is 2.17. The monoisotopic (exact) mass is 223 g/mol. The van der Waals surface area contributed by atoms with Gasteiger partial charge in [0.2, 0.25) is 0 Å². The van der Waals surface area contributed by atoms with Crippen LogP contribution in [0.3, 0.4) is 0 Å². The third-order valence-corrected chi connectivity index (χ3v) is 3.12. The molecule has 2 N–H and O–H groups in total. The summed E-state index contributed by atoms with van der Waals surface area (Å²) >= 11 is 0. The van der Waals surface area contributed by atoms with Gasteiger partial charge in [-0.15, -0.1) is 0 Å². The SMILES string of the molecule is NC(CCC1CCCO1)c1ccc(F)cc1. The maximum absolute atomic E-state index is 12.7. The Balaban J connectivity index is 1.82. The molecule has 1 aromatic carbocycles. The topological polar surface area (TPSA) is 35.2 Å². The maximum atomic E-state index is 12.7. The van der Waals surface area contributed by atoms with E-state index in [0.29, 0.717) is 6.10 Å². The lowest BCUT2D eigenvalue weighted by Crippen LogP contribution is -2.14. The van der Waals surface area contributed by atoms with E-state index in [1.165, 1.54) is 12.1 Å². The van der Waals surface area contributed by atoms with Gasteiger partial charge in [0, 0.05) is 12.6 Å². The quantitative estimate of drug-likeness (QED) is 0.851. The molecule has 2 unspecified atom stereocenters. The van der Waals surface area contributed by atoms with Gasteiger partial charge in [-0.2, -0.15) is 0 Å². The summed E-state index contributed by atoms with van der Waals surface area (Å²) in [6.45, 7) is 0.885. The van der Waals surface area contributed by atoms with E-state index in [4.69, 9.17) is 10.5 Å². The second-order valence-electron chi connectivity index (χ2n) is 4.37. The lowest BCUT2D eigenvalue weighted by Gasteiger charge is -2.14. The molecule has 0 aliphatic carbocycles. The van der Waals surface area contributed by atoms with E-state index in [9.17, 15) is 4.39 Å². The fourth-order valence-corrected chi connectivity index (χ4v) is 2.11. The first kappa shape index (κ1) is 11.6. The number of benzene rings is 1. The first-order valence-electron chi connectivity index (χ1n) is 5.88. The van der Waals surface area contributed by atoms with Crippen LogP contribution in [0.25, 0.3) is 0 Å². The minimum absolute atomic E-state index is 0.00944. The van der Waals surface area contributed by atoms with Crippen molar-refractivity contribution in [2.45, 2.75) is 37.8 Å².